The highest BCUT2D eigenvalue weighted by atomic mass is 16.4. The Balaban J connectivity index is 3.06. The predicted molar refractivity (Wildman–Crippen MR) is 66.4 cm³/mol. The van der Waals surface area contributed by atoms with Crippen LogP contribution >= 0.6 is 0 Å². The van der Waals surface area contributed by atoms with Crippen molar-refractivity contribution in [1.29, 1.82) is 0 Å². The molecule has 0 heterocycles. The van der Waals surface area contributed by atoms with E-state index in [0.29, 0.717) is 0 Å². The molecule has 0 spiro atoms. The minimum absolute atomic E-state index is 0.0403. The molecule has 94 valence electrons. The summed E-state index contributed by atoms with van der Waals surface area (Å²) in [6, 6.07) is 4.90. The van der Waals surface area contributed by atoms with Gasteiger partial charge in [0.1, 0.15) is 11.3 Å². The highest BCUT2D eigenvalue weighted by Crippen LogP contribution is 2.25. The van der Waals surface area contributed by atoms with Crippen molar-refractivity contribution in [1.82, 2.24) is 4.90 Å². The Morgan fingerprint density at radius 3 is 2.41 bits per heavy atom. The van der Waals surface area contributed by atoms with Crippen LogP contribution in [0.5, 0.6) is 5.75 Å². The fraction of sp³-hybridized carbons (Fsp3) is 0.462. The van der Waals surface area contributed by atoms with E-state index < -0.39 is 5.97 Å². The normalized spacial score (nSPS) is 12.7. The first-order valence-corrected chi connectivity index (χ1v) is 5.81. The molecular weight excluding hydrogens is 218 g/mol. The van der Waals surface area contributed by atoms with Crippen molar-refractivity contribution in [3.05, 3.63) is 29.3 Å². The summed E-state index contributed by atoms with van der Waals surface area (Å²) in [7, 11) is 0. The average molecular weight is 237 g/mol. The molecule has 0 bridgehead atoms. The molecule has 17 heavy (non-hydrogen) atoms. The molecule has 1 rings (SSSR count). The van der Waals surface area contributed by atoms with Gasteiger partial charge in [-0.1, -0.05) is 19.9 Å². The summed E-state index contributed by atoms with van der Waals surface area (Å²) in [6.07, 6.45) is 0. The average Bonchev–Trinajstić information content (AvgIpc) is 2.30. The number of carboxylic acids is 1. The summed E-state index contributed by atoms with van der Waals surface area (Å²) in [5, 5.41) is 18.4. The lowest BCUT2D eigenvalue weighted by Gasteiger charge is -2.26. The van der Waals surface area contributed by atoms with Gasteiger partial charge in [-0.15, -0.1) is 0 Å². The number of hydrogen-bond acceptors (Lipinski definition) is 3. The fourth-order valence-electron chi connectivity index (χ4n) is 1.97. The van der Waals surface area contributed by atoms with Gasteiger partial charge in [0.05, 0.1) is 0 Å². The van der Waals surface area contributed by atoms with E-state index in [1.54, 1.807) is 12.1 Å². The van der Waals surface area contributed by atoms with Crippen molar-refractivity contribution < 1.29 is 15.0 Å². The molecule has 1 aromatic carbocycles. The molecular formula is C13H19NO3. The SMILES string of the molecule is CCN(CC)C(C)c1ccc(O)c(C(=O)O)c1. The topological polar surface area (TPSA) is 60.8 Å². The van der Waals surface area contributed by atoms with Crippen molar-refractivity contribution in [2.45, 2.75) is 26.8 Å². The van der Waals surface area contributed by atoms with Crippen LogP contribution in [0.25, 0.3) is 0 Å². The molecule has 0 saturated carbocycles. The van der Waals surface area contributed by atoms with Crippen LogP contribution in [-0.2, 0) is 0 Å². The zero-order valence-corrected chi connectivity index (χ0v) is 10.5. The van der Waals surface area contributed by atoms with Crippen molar-refractivity contribution in [3.8, 4) is 5.75 Å². The van der Waals surface area contributed by atoms with Crippen LogP contribution in [0.15, 0.2) is 18.2 Å². The van der Waals surface area contributed by atoms with Crippen LogP contribution in [0.1, 0.15) is 42.7 Å². The van der Waals surface area contributed by atoms with Gasteiger partial charge in [0.25, 0.3) is 0 Å². The summed E-state index contributed by atoms with van der Waals surface area (Å²) in [5.41, 5.74) is 0.866. The standard InChI is InChI=1S/C13H19NO3/c1-4-14(5-2)9(3)10-6-7-12(15)11(8-10)13(16)17/h6-9,15H,4-5H2,1-3H3,(H,16,17). The number of carboxylic acid groups (broad SMARTS) is 1. The number of carbonyl (C=O) groups is 1. The number of benzene rings is 1. The van der Waals surface area contributed by atoms with Gasteiger partial charge in [-0.05, 0) is 37.7 Å². The summed E-state index contributed by atoms with van der Waals surface area (Å²) in [5.74, 6) is -1.29. The van der Waals surface area contributed by atoms with Crippen molar-refractivity contribution in [2.75, 3.05) is 13.1 Å². The van der Waals surface area contributed by atoms with Crippen LogP contribution < -0.4 is 0 Å². The molecule has 4 nitrogen and oxygen atoms in total. The molecule has 0 amide bonds. The molecule has 1 aromatic rings. The lowest BCUT2D eigenvalue weighted by molar-refractivity contribution is 0.0693. The number of rotatable bonds is 5. The first-order valence-electron chi connectivity index (χ1n) is 5.81. The lowest BCUT2D eigenvalue weighted by Crippen LogP contribution is -2.26. The monoisotopic (exact) mass is 237 g/mol. The van der Waals surface area contributed by atoms with E-state index in [-0.39, 0.29) is 17.4 Å². The molecule has 4 heteroatoms. The molecule has 0 aliphatic carbocycles. The molecule has 0 aromatic heterocycles. The fourth-order valence-corrected chi connectivity index (χ4v) is 1.97. The number of phenols is 1. The van der Waals surface area contributed by atoms with Gasteiger partial charge in [-0.2, -0.15) is 0 Å². The molecule has 0 aliphatic heterocycles. The van der Waals surface area contributed by atoms with Gasteiger partial charge >= 0.3 is 5.97 Å². The predicted octanol–water partition coefficient (Wildman–Crippen LogP) is 2.49. The molecule has 2 N–H and O–H groups in total. The van der Waals surface area contributed by atoms with Gasteiger partial charge in [-0.25, -0.2) is 4.79 Å². The number of nitrogens with zero attached hydrogens (tertiary/aromatic N) is 1. The molecule has 0 fully saturated rings. The quantitative estimate of drug-likeness (QED) is 0.826. The minimum atomic E-state index is -1.10. The first kappa shape index (κ1) is 13.5. The van der Waals surface area contributed by atoms with Gasteiger partial charge < -0.3 is 10.2 Å². The van der Waals surface area contributed by atoms with Crippen LogP contribution in [0.2, 0.25) is 0 Å². The van der Waals surface area contributed by atoms with Crippen LogP contribution in [0.3, 0.4) is 0 Å². The summed E-state index contributed by atoms with van der Waals surface area (Å²) in [4.78, 5) is 13.2. The van der Waals surface area contributed by atoms with E-state index in [2.05, 4.69) is 18.7 Å². The van der Waals surface area contributed by atoms with Gasteiger partial charge in [0.2, 0.25) is 0 Å². The van der Waals surface area contributed by atoms with E-state index in [0.717, 1.165) is 18.7 Å². The maximum atomic E-state index is 10.9. The zero-order valence-electron chi connectivity index (χ0n) is 10.5. The Bertz CT molecular complexity index is 400. The molecule has 0 saturated heterocycles. The summed E-state index contributed by atoms with van der Waals surface area (Å²) < 4.78 is 0. The molecule has 0 radical (unpaired) electrons. The second-order valence-electron chi connectivity index (χ2n) is 3.98. The smallest absolute Gasteiger partial charge is 0.339 e. The van der Waals surface area contributed by atoms with Crippen LogP contribution in [-0.4, -0.2) is 34.2 Å². The Morgan fingerprint density at radius 2 is 1.94 bits per heavy atom. The van der Waals surface area contributed by atoms with E-state index >= 15 is 0 Å². The Hall–Kier alpha value is -1.55. The van der Waals surface area contributed by atoms with Gasteiger partial charge in [0.15, 0.2) is 0 Å². The van der Waals surface area contributed by atoms with E-state index in [9.17, 15) is 9.90 Å². The largest absolute Gasteiger partial charge is 0.507 e. The summed E-state index contributed by atoms with van der Waals surface area (Å²) >= 11 is 0. The number of aromatic hydroxyl groups is 1. The molecule has 0 aliphatic rings. The molecule has 1 atom stereocenters. The van der Waals surface area contributed by atoms with Crippen molar-refractivity contribution in [2.24, 2.45) is 0 Å². The highest BCUT2D eigenvalue weighted by Gasteiger charge is 2.16. The van der Waals surface area contributed by atoms with Crippen LogP contribution in [0.4, 0.5) is 0 Å². The van der Waals surface area contributed by atoms with Crippen molar-refractivity contribution >= 4 is 5.97 Å². The lowest BCUT2D eigenvalue weighted by atomic mass is 10.0. The van der Waals surface area contributed by atoms with Crippen LogP contribution in [0, 0.1) is 0 Å². The maximum Gasteiger partial charge on any atom is 0.339 e. The molecule has 1 unspecified atom stereocenters. The van der Waals surface area contributed by atoms with E-state index in [1.807, 2.05) is 6.92 Å². The Labute approximate surface area is 101 Å². The maximum absolute atomic E-state index is 10.9. The van der Waals surface area contributed by atoms with E-state index in [1.165, 1.54) is 6.07 Å². The van der Waals surface area contributed by atoms with Gasteiger partial charge in [0, 0.05) is 6.04 Å². The zero-order chi connectivity index (χ0) is 13.0. The second kappa shape index (κ2) is 5.68. The highest BCUT2D eigenvalue weighted by molar-refractivity contribution is 5.90. The Morgan fingerprint density at radius 1 is 1.35 bits per heavy atom. The first-order chi connectivity index (χ1) is 8.01. The second-order valence-corrected chi connectivity index (χ2v) is 3.98. The number of aromatic carboxylic acids is 1. The third-order valence-corrected chi connectivity index (χ3v) is 3.09. The van der Waals surface area contributed by atoms with Gasteiger partial charge in [-0.3, -0.25) is 4.90 Å². The number of hydrogen-bond donors (Lipinski definition) is 2. The minimum Gasteiger partial charge on any atom is -0.507 e. The summed E-state index contributed by atoms with van der Waals surface area (Å²) in [6.45, 7) is 7.98. The Kier molecular flexibility index (Phi) is 4.52. The van der Waals surface area contributed by atoms with E-state index in [4.69, 9.17) is 5.11 Å². The third-order valence-electron chi connectivity index (χ3n) is 3.09. The van der Waals surface area contributed by atoms with Crippen molar-refractivity contribution in [3.63, 3.8) is 0 Å². The third kappa shape index (κ3) is 2.97.